The fraction of sp³-hybridized carbons (Fsp3) is 0.571. The molecule has 0 aromatic carbocycles. The van der Waals surface area contributed by atoms with E-state index in [1.807, 2.05) is 12.1 Å². The van der Waals surface area contributed by atoms with Gasteiger partial charge in [0.2, 0.25) is 5.91 Å². The summed E-state index contributed by atoms with van der Waals surface area (Å²) in [6.07, 6.45) is 8.11. The van der Waals surface area contributed by atoms with Crippen LogP contribution < -0.4 is 11.1 Å². The summed E-state index contributed by atoms with van der Waals surface area (Å²) in [5, 5.41) is 3.53. The molecule has 2 saturated carbocycles. The molecular formula is C14H19N3OS. The highest BCUT2D eigenvalue weighted by molar-refractivity contribution is 7.99. The van der Waals surface area contributed by atoms with Crippen molar-refractivity contribution < 1.29 is 4.79 Å². The van der Waals surface area contributed by atoms with Crippen LogP contribution >= 0.6 is 11.8 Å². The number of carbonyl (C=O) groups is 1. The van der Waals surface area contributed by atoms with Gasteiger partial charge in [0.05, 0.1) is 0 Å². The molecule has 1 atom stereocenters. The molecule has 0 radical (unpaired) electrons. The Balaban J connectivity index is 1.72. The molecule has 0 aliphatic heterocycles. The van der Waals surface area contributed by atoms with Crippen molar-refractivity contribution >= 4 is 17.7 Å². The van der Waals surface area contributed by atoms with Gasteiger partial charge < -0.3 is 5.73 Å². The number of pyridine rings is 1. The van der Waals surface area contributed by atoms with Crippen LogP contribution in [0, 0.1) is 5.92 Å². The van der Waals surface area contributed by atoms with Gasteiger partial charge in [-0.3, -0.25) is 15.1 Å². The molecule has 1 heterocycles. The molecule has 1 aromatic heterocycles. The Morgan fingerprint density at radius 3 is 2.58 bits per heavy atom. The number of rotatable bonds is 7. The van der Waals surface area contributed by atoms with Gasteiger partial charge in [0, 0.05) is 29.1 Å². The minimum atomic E-state index is -0.519. The van der Waals surface area contributed by atoms with Crippen LogP contribution in [0.5, 0.6) is 0 Å². The number of hydrogen-bond acceptors (Lipinski definition) is 4. The zero-order valence-corrected chi connectivity index (χ0v) is 11.7. The van der Waals surface area contributed by atoms with Gasteiger partial charge in [-0.25, -0.2) is 0 Å². The highest BCUT2D eigenvalue weighted by Gasteiger charge is 2.51. The quantitative estimate of drug-likeness (QED) is 0.742. The van der Waals surface area contributed by atoms with Gasteiger partial charge in [-0.05, 0) is 43.7 Å². The van der Waals surface area contributed by atoms with Crippen molar-refractivity contribution in [2.75, 3.05) is 5.75 Å². The van der Waals surface area contributed by atoms with Gasteiger partial charge in [0.25, 0.3) is 0 Å². The largest absolute Gasteiger partial charge is 0.368 e. The Morgan fingerprint density at radius 2 is 2.05 bits per heavy atom. The second kappa shape index (κ2) is 5.13. The van der Waals surface area contributed by atoms with E-state index in [1.54, 1.807) is 24.2 Å². The van der Waals surface area contributed by atoms with Crippen molar-refractivity contribution in [2.24, 2.45) is 11.7 Å². The van der Waals surface area contributed by atoms with E-state index in [0.29, 0.717) is 17.7 Å². The third-order valence-electron chi connectivity index (χ3n) is 3.87. The van der Waals surface area contributed by atoms with E-state index in [-0.39, 0.29) is 5.91 Å². The Kier molecular flexibility index (Phi) is 3.50. The Hall–Kier alpha value is -1.07. The summed E-state index contributed by atoms with van der Waals surface area (Å²) >= 11 is 1.69. The maximum atomic E-state index is 12.0. The van der Waals surface area contributed by atoms with Gasteiger partial charge in [-0.2, -0.15) is 0 Å². The van der Waals surface area contributed by atoms with Gasteiger partial charge in [0.15, 0.2) is 0 Å². The third-order valence-corrected chi connectivity index (χ3v) is 5.07. The van der Waals surface area contributed by atoms with Crippen molar-refractivity contribution in [3.63, 3.8) is 0 Å². The molecular weight excluding hydrogens is 258 g/mol. The van der Waals surface area contributed by atoms with Gasteiger partial charge in [-0.15, -0.1) is 11.8 Å². The molecule has 1 aromatic rings. The standard InChI is InChI=1S/C14H19N3OS/c15-13(18)14(10-1-2-10,17-11-3-4-11)9-19-12-5-7-16-8-6-12/h5-8,10-11,17H,1-4,9H2,(H2,15,18). The van der Waals surface area contributed by atoms with Crippen LogP contribution in [0.3, 0.4) is 0 Å². The normalized spacial score (nSPS) is 21.9. The molecule has 3 N–H and O–H groups in total. The lowest BCUT2D eigenvalue weighted by Gasteiger charge is -2.32. The highest BCUT2D eigenvalue weighted by atomic mass is 32.2. The SMILES string of the molecule is NC(=O)C(CSc1ccncc1)(NC1CC1)C1CC1. The van der Waals surface area contributed by atoms with Crippen LogP contribution in [-0.4, -0.2) is 28.2 Å². The van der Waals surface area contributed by atoms with E-state index in [9.17, 15) is 4.79 Å². The predicted molar refractivity (Wildman–Crippen MR) is 75.8 cm³/mol. The lowest BCUT2D eigenvalue weighted by molar-refractivity contribution is -0.124. The summed E-state index contributed by atoms with van der Waals surface area (Å²) in [6, 6.07) is 4.44. The molecule has 0 spiro atoms. The number of nitrogens with zero attached hydrogens (tertiary/aromatic N) is 1. The van der Waals surface area contributed by atoms with Crippen molar-refractivity contribution in [1.82, 2.24) is 10.3 Å². The van der Waals surface area contributed by atoms with Crippen molar-refractivity contribution in [3.8, 4) is 0 Å². The predicted octanol–water partition coefficient (Wildman–Crippen LogP) is 1.56. The lowest BCUT2D eigenvalue weighted by Crippen LogP contribution is -2.60. The number of aromatic nitrogens is 1. The van der Waals surface area contributed by atoms with Crippen LogP contribution in [0.4, 0.5) is 0 Å². The van der Waals surface area contributed by atoms with E-state index in [2.05, 4.69) is 10.3 Å². The minimum absolute atomic E-state index is 0.191. The number of primary amides is 1. The molecule has 0 bridgehead atoms. The molecule has 1 amide bonds. The highest BCUT2D eigenvalue weighted by Crippen LogP contribution is 2.43. The first-order chi connectivity index (χ1) is 9.21. The third kappa shape index (κ3) is 2.92. The fourth-order valence-corrected chi connectivity index (χ4v) is 3.59. The molecule has 5 heteroatoms. The smallest absolute Gasteiger partial charge is 0.238 e. The molecule has 102 valence electrons. The van der Waals surface area contributed by atoms with E-state index >= 15 is 0 Å². The lowest BCUT2D eigenvalue weighted by atomic mass is 9.94. The van der Waals surface area contributed by atoms with E-state index in [0.717, 1.165) is 17.7 Å². The molecule has 2 aliphatic rings. The zero-order valence-electron chi connectivity index (χ0n) is 10.8. The van der Waals surface area contributed by atoms with Crippen LogP contribution in [0.15, 0.2) is 29.4 Å². The van der Waals surface area contributed by atoms with Crippen molar-refractivity contribution in [3.05, 3.63) is 24.5 Å². The summed E-state index contributed by atoms with van der Waals surface area (Å²) in [4.78, 5) is 17.2. The molecule has 4 nitrogen and oxygen atoms in total. The molecule has 19 heavy (non-hydrogen) atoms. The summed E-state index contributed by atoms with van der Waals surface area (Å²) < 4.78 is 0. The van der Waals surface area contributed by atoms with E-state index in [4.69, 9.17) is 5.73 Å². The first-order valence-electron chi connectivity index (χ1n) is 6.81. The average molecular weight is 277 g/mol. The van der Waals surface area contributed by atoms with Crippen LogP contribution in [0.25, 0.3) is 0 Å². The van der Waals surface area contributed by atoms with E-state index in [1.165, 1.54) is 12.8 Å². The Morgan fingerprint density at radius 1 is 1.37 bits per heavy atom. The second-order valence-corrected chi connectivity index (χ2v) is 6.55. The molecule has 2 fully saturated rings. The average Bonchev–Trinajstić information content (AvgIpc) is 3.28. The minimum Gasteiger partial charge on any atom is -0.368 e. The maximum Gasteiger partial charge on any atom is 0.238 e. The van der Waals surface area contributed by atoms with Gasteiger partial charge in [0.1, 0.15) is 5.54 Å². The van der Waals surface area contributed by atoms with E-state index < -0.39 is 5.54 Å². The number of nitrogens with one attached hydrogen (secondary N) is 1. The molecule has 0 saturated heterocycles. The van der Waals surface area contributed by atoms with Gasteiger partial charge >= 0.3 is 0 Å². The Bertz CT molecular complexity index is 459. The number of carbonyl (C=O) groups excluding carboxylic acids is 1. The van der Waals surface area contributed by atoms with Crippen LogP contribution in [0.1, 0.15) is 25.7 Å². The first kappa shape index (κ1) is 12.9. The number of thioether (sulfide) groups is 1. The summed E-state index contributed by atoms with van der Waals surface area (Å²) in [7, 11) is 0. The van der Waals surface area contributed by atoms with Crippen LogP contribution in [-0.2, 0) is 4.79 Å². The monoisotopic (exact) mass is 277 g/mol. The first-order valence-corrected chi connectivity index (χ1v) is 7.80. The Labute approximate surface area is 117 Å². The van der Waals surface area contributed by atoms with Crippen LogP contribution in [0.2, 0.25) is 0 Å². The topological polar surface area (TPSA) is 68.0 Å². The summed E-state index contributed by atoms with van der Waals surface area (Å²) in [5.74, 6) is 0.941. The second-order valence-electron chi connectivity index (χ2n) is 5.50. The maximum absolute atomic E-state index is 12.0. The number of hydrogen-bond donors (Lipinski definition) is 2. The zero-order chi connectivity index (χ0) is 13.3. The molecule has 3 rings (SSSR count). The fourth-order valence-electron chi connectivity index (χ4n) is 2.42. The molecule has 1 unspecified atom stereocenters. The number of nitrogens with two attached hydrogens (primary N) is 1. The van der Waals surface area contributed by atoms with Crippen molar-refractivity contribution in [2.45, 2.75) is 42.2 Å². The number of amides is 1. The summed E-state index contributed by atoms with van der Waals surface area (Å²) in [6.45, 7) is 0. The van der Waals surface area contributed by atoms with Crippen molar-refractivity contribution in [1.29, 1.82) is 0 Å². The summed E-state index contributed by atoms with van der Waals surface area (Å²) in [5.41, 5.74) is 5.21. The molecule has 2 aliphatic carbocycles. The van der Waals surface area contributed by atoms with Gasteiger partial charge in [-0.1, -0.05) is 0 Å².